The van der Waals surface area contributed by atoms with Gasteiger partial charge in [0.1, 0.15) is 11.4 Å². The molecule has 1 saturated heterocycles. The van der Waals surface area contributed by atoms with Crippen LogP contribution in [0.5, 0.6) is 11.5 Å². The molecular formula is C28H29ClN6O4. The molecule has 0 spiro atoms. The number of amides is 2. The number of nitrogens with zero attached hydrogens (tertiary/aromatic N) is 4. The molecule has 3 heterocycles. The van der Waals surface area contributed by atoms with Gasteiger partial charge in [-0.3, -0.25) is 14.4 Å². The Balaban J connectivity index is 1.49. The molecule has 2 amide bonds. The van der Waals surface area contributed by atoms with E-state index in [1.807, 2.05) is 32.0 Å². The molecule has 1 aromatic carbocycles. The molecule has 2 aromatic heterocycles. The Morgan fingerprint density at radius 3 is 2.67 bits per heavy atom. The van der Waals surface area contributed by atoms with Crippen molar-refractivity contribution in [3.63, 3.8) is 0 Å². The minimum absolute atomic E-state index is 0.0601. The quantitative estimate of drug-likeness (QED) is 0.450. The molecule has 2 N–H and O–H groups in total. The fraction of sp³-hybridized carbons (Fsp3) is 0.357. The molecule has 11 heteroatoms. The summed E-state index contributed by atoms with van der Waals surface area (Å²) in [5.41, 5.74) is 0.669. The summed E-state index contributed by atoms with van der Waals surface area (Å²) in [6.07, 6.45) is 1.33. The van der Waals surface area contributed by atoms with Gasteiger partial charge in [0.05, 0.1) is 41.5 Å². The number of carbonyl (C=O) groups is 2. The first-order valence-corrected chi connectivity index (χ1v) is 12.9. The van der Waals surface area contributed by atoms with Crippen molar-refractivity contribution < 1.29 is 14.3 Å². The van der Waals surface area contributed by atoms with Crippen LogP contribution in [0.15, 0.2) is 47.3 Å². The number of rotatable bonds is 7. The number of aromatic nitrogens is 3. The summed E-state index contributed by atoms with van der Waals surface area (Å²) in [6, 6.07) is 13.6. The van der Waals surface area contributed by atoms with Gasteiger partial charge in [-0.1, -0.05) is 23.7 Å². The summed E-state index contributed by atoms with van der Waals surface area (Å²) in [4.78, 5) is 44.4. The fourth-order valence-corrected chi connectivity index (χ4v) is 4.98. The van der Waals surface area contributed by atoms with Crippen LogP contribution in [-0.2, 0) is 4.79 Å². The maximum absolute atomic E-state index is 13.5. The second kappa shape index (κ2) is 11.3. The predicted octanol–water partition coefficient (Wildman–Crippen LogP) is 4.24. The van der Waals surface area contributed by atoms with Gasteiger partial charge in [-0.25, -0.2) is 10.1 Å². The third-order valence-electron chi connectivity index (χ3n) is 6.82. The van der Waals surface area contributed by atoms with Gasteiger partial charge in [-0.2, -0.15) is 10.4 Å². The lowest BCUT2D eigenvalue weighted by Crippen LogP contribution is -2.48. The summed E-state index contributed by atoms with van der Waals surface area (Å²) in [5, 5.41) is 19.2. The molecule has 0 bridgehead atoms. The van der Waals surface area contributed by atoms with Gasteiger partial charge in [0, 0.05) is 11.1 Å². The Morgan fingerprint density at radius 1 is 1.21 bits per heavy atom. The van der Waals surface area contributed by atoms with Crippen molar-refractivity contribution in [3.8, 4) is 17.6 Å². The topological polar surface area (TPSA) is 141 Å². The van der Waals surface area contributed by atoms with Crippen LogP contribution in [0.25, 0.3) is 0 Å². The highest BCUT2D eigenvalue weighted by Crippen LogP contribution is 2.43. The van der Waals surface area contributed by atoms with E-state index in [2.05, 4.69) is 26.6 Å². The second-order valence-electron chi connectivity index (χ2n) is 10.1. The van der Waals surface area contributed by atoms with Crippen LogP contribution in [0.1, 0.15) is 60.2 Å². The zero-order valence-electron chi connectivity index (χ0n) is 22.1. The smallest absolute Gasteiger partial charge is 0.307 e. The standard InChI is InChI=1S/C28H29ClN6O4/c1-16-12-23(27(38)34-33-16)39-22-10-8-20(32-17(22)2)26(37)31-14-25(36)35-21(18-6-5-7-19(29)13-18)9-11-24(35)28(3,4)15-30/h5-8,10,12-13,21,24H,9,11,14H2,1-4H3,(H,31,37)(H,34,38)/t21-,24?/m0/s1. The molecule has 39 heavy (non-hydrogen) atoms. The normalized spacial score (nSPS) is 17.0. The van der Waals surface area contributed by atoms with E-state index < -0.39 is 16.9 Å². The summed E-state index contributed by atoms with van der Waals surface area (Å²) < 4.78 is 5.66. The highest BCUT2D eigenvalue weighted by molar-refractivity contribution is 6.30. The Bertz CT molecular complexity index is 1510. The third kappa shape index (κ3) is 6.10. The molecule has 1 aliphatic heterocycles. The van der Waals surface area contributed by atoms with Crippen molar-refractivity contribution in [2.45, 2.75) is 52.6 Å². The van der Waals surface area contributed by atoms with Crippen molar-refractivity contribution in [3.05, 3.63) is 80.5 Å². The number of ether oxygens (including phenoxy) is 1. The first-order chi connectivity index (χ1) is 18.5. The molecule has 4 rings (SSSR count). The van der Waals surface area contributed by atoms with Crippen LogP contribution in [0.4, 0.5) is 0 Å². The van der Waals surface area contributed by atoms with E-state index in [9.17, 15) is 19.6 Å². The van der Waals surface area contributed by atoms with E-state index >= 15 is 0 Å². The van der Waals surface area contributed by atoms with Crippen molar-refractivity contribution in [2.75, 3.05) is 6.54 Å². The third-order valence-corrected chi connectivity index (χ3v) is 7.05. The van der Waals surface area contributed by atoms with E-state index in [1.165, 1.54) is 18.2 Å². The molecule has 0 saturated carbocycles. The highest BCUT2D eigenvalue weighted by atomic mass is 35.5. The molecule has 202 valence electrons. The van der Waals surface area contributed by atoms with Gasteiger partial charge in [0.15, 0.2) is 5.75 Å². The fourth-order valence-electron chi connectivity index (χ4n) is 4.78. The van der Waals surface area contributed by atoms with Crippen molar-refractivity contribution in [2.24, 2.45) is 5.41 Å². The first kappa shape index (κ1) is 27.8. The van der Waals surface area contributed by atoms with Gasteiger partial charge < -0.3 is 15.0 Å². The molecule has 0 radical (unpaired) electrons. The highest BCUT2D eigenvalue weighted by Gasteiger charge is 2.45. The van der Waals surface area contributed by atoms with Gasteiger partial charge in [-0.05, 0) is 70.4 Å². The van der Waals surface area contributed by atoms with E-state index in [0.29, 0.717) is 35.0 Å². The number of hydrogen-bond donors (Lipinski definition) is 2. The molecule has 1 fully saturated rings. The van der Waals surface area contributed by atoms with Crippen LogP contribution in [0.2, 0.25) is 5.02 Å². The first-order valence-electron chi connectivity index (χ1n) is 12.5. The van der Waals surface area contributed by atoms with Crippen molar-refractivity contribution in [1.29, 1.82) is 5.26 Å². The molecular weight excluding hydrogens is 520 g/mol. The predicted molar refractivity (Wildman–Crippen MR) is 144 cm³/mol. The molecule has 10 nitrogen and oxygen atoms in total. The molecule has 0 aliphatic carbocycles. The van der Waals surface area contributed by atoms with Crippen molar-refractivity contribution >= 4 is 23.4 Å². The van der Waals surface area contributed by atoms with Crippen LogP contribution in [0.3, 0.4) is 0 Å². The van der Waals surface area contributed by atoms with Crippen LogP contribution < -0.4 is 15.6 Å². The lowest BCUT2D eigenvalue weighted by Gasteiger charge is -2.36. The monoisotopic (exact) mass is 548 g/mol. The number of hydrogen-bond acceptors (Lipinski definition) is 7. The minimum Gasteiger partial charge on any atom is -0.450 e. The minimum atomic E-state index is -0.781. The molecule has 2 atom stereocenters. The second-order valence-corrected chi connectivity index (χ2v) is 10.5. The zero-order valence-corrected chi connectivity index (χ0v) is 22.9. The van der Waals surface area contributed by atoms with E-state index in [4.69, 9.17) is 16.3 Å². The van der Waals surface area contributed by atoms with Gasteiger partial charge >= 0.3 is 5.56 Å². The summed E-state index contributed by atoms with van der Waals surface area (Å²) >= 11 is 6.21. The molecule has 1 unspecified atom stereocenters. The van der Waals surface area contributed by atoms with Gasteiger partial charge in [0.2, 0.25) is 5.91 Å². The number of aryl methyl sites for hydroxylation is 2. The summed E-state index contributed by atoms with van der Waals surface area (Å²) in [7, 11) is 0. The largest absolute Gasteiger partial charge is 0.450 e. The number of H-pyrrole nitrogens is 1. The lowest BCUT2D eigenvalue weighted by molar-refractivity contribution is -0.134. The Labute approximate surface area is 231 Å². The van der Waals surface area contributed by atoms with E-state index in [1.54, 1.807) is 24.8 Å². The van der Waals surface area contributed by atoms with Gasteiger partial charge in [-0.15, -0.1) is 0 Å². The Morgan fingerprint density at radius 2 is 1.97 bits per heavy atom. The number of benzene rings is 1. The van der Waals surface area contributed by atoms with E-state index in [0.717, 1.165) is 5.56 Å². The number of carbonyl (C=O) groups excluding carboxylic acids is 2. The molecule has 1 aliphatic rings. The van der Waals surface area contributed by atoms with E-state index in [-0.39, 0.29) is 36.0 Å². The van der Waals surface area contributed by atoms with Crippen molar-refractivity contribution in [1.82, 2.24) is 25.4 Å². The van der Waals surface area contributed by atoms with Crippen LogP contribution in [0, 0.1) is 30.6 Å². The molecule has 3 aromatic rings. The van der Waals surface area contributed by atoms with Gasteiger partial charge in [0.25, 0.3) is 5.91 Å². The average Bonchev–Trinajstić information content (AvgIpc) is 3.37. The number of halogens is 1. The number of nitrogens with one attached hydrogen (secondary N) is 2. The maximum Gasteiger partial charge on any atom is 0.307 e. The van der Waals surface area contributed by atoms with Crippen LogP contribution in [-0.4, -0.2) is 44.5 Å². The number of likely N-dealkylation sites (tertiary alicyclic amines) is 1. The number of pyridine rings is 1. The summed E-state index contributed by atoms with van der Waals surface area (Å²) in [5.74, 6) is -0.472. The Hall–Kier alpha value is -4.23. The Kier molecular flexibility index (Phi) is 8.02. The number of aromatic amines is 1. The zero-order chi connectivity index (χ0) is 28.3. The SMILES string of the molecule is Cc1cc(Oc2ccc(C(=O)NCC(=O)N3C(C(C)(C)C#N)CC[C@H]3c3cccc(Cl)c3)nc2C)c(=O)[nH]n1. The summed E-state index contributed by atoms with van der Waals surface area (Å²) in [6.45, 7) is 6.72. The van der Waals surface area contributed by atoms with Crippen LogP contribution >= 0.6 is 11.6 Å². The maximum atomic E-state index is 13.5. The average molecular weight is 549 g/mol. The lowest BCUT2D eigenvalue weighted by atomic mass is 9.84. The number of nitriles is 1.